The van der Waals surface area contributed by atoms with Crippen LogP contribution in [-0.4, -0.2) is 23.5 Å². The van der Waals surface area contributed by atoms with Crippen LogP contribution in [0.5, 0.6) is 0 Å². The summed E-state index contributed by atoms with van der Waals surface area (Å²) in [6.45, 7) is 1.73. The molecular weight excluding hydrogens is 275 g/mol. The molecule has 0 saturated heterocycles. The molecule has 0 unspecified atom stereocenters. The van der Waals surface area contributed by atoms with Crippen LogP contribution in [0.15, 0.2) is 27.9 Å². The van der Waals surface area contributed by atoms with E-state index in [-0.39, 0.29) is 5.82 Å². The van der Waals surface area contributed by atoms with Crippen molar-refractivity contribution in [2.45, 2.75) is 13.1 Å². The lowest BCUT2D eigenvalue weighted by molar-refractivity contribution is -0.159. The molecule has 1 heterocycles. The van der Waals surface area contributed by atoms with Crippen molar-refractivity contribution in [3.05, 3.63) is 35.2 Å². The summed E-state index contributed by atoms with van der Waals surface area (Å²) in [6.07, 6.45) is -3.17. The molecule has 0 fully saturated rings. The number of rotatable bonds is 3. The highest BCUT2D eigenvalue weighted by Crippen LogP contribution is 2.30. The van der Waals surface area contributed by atoms with Crippen LogP contribution < -0.4 is 0 Å². The number of aryl methyl sites for hydroxylation is 1. The minimum Gasteiger partial charge on any atom is -0.399 e. The average molecular weight is 285 g/mol. The van der Waals surface area contributed by atoms with Gasteiger partial charge in [0.25, 0.3) is 0 Å². The molecule has 0 bridgehead atoms. The number of hydrogen-bond donors (Lipinski definition) is 0. The minimum atomic E-state index is -4.65. The van der Waals surface area contributed by atoms with Gasteiger partial charge < -0.3 is 9.36 Å². The lowest BCUT2D eigenvalue weighted by Crippen LogP contribution is -2.04. The minimum absolute atomic E-state index is 0.106. The molecule has 0 radical (unpaired) electrons. The van der Waals surface area contributed by atoms with Gasteiger partial charge in [0, 0.05) is 5.56 Å². The molecule has 0 N–H and O–H groups in total. The summed E-state index contributed by atoms with van der Waals surface area (Å²) >= 11 is 0. The SMILES string of the molecule is CO/N=C\c1ccc(-c2noc(C(F)(F)F)n2)c(C)c1. The largest absolute Gasteiger partial charge is 0.471 e. The van der Waals surface area contributed by atoms with E-state index in [0.717, 1.165) is 5.56 Å². The fourth-order valence-electron chi connectivity index (χ4n) is 1.58. The molecule has 20 heavy (non-hydrogen) atoms. The quantitative estimate of drug-likeness (QED) is 0.642. The second-order valence-electron chi connectivity index (χ2n) is 3.91. The van der Waals surface area contributed by atoms with E-state index in [2.05, 4.69) is 24.7 Å². The highest BCUT2D eigenvalue weighted by atomic mass is 19.4. The molecule has 0 atom stereocenters. The zero-order chi connectivity index (χ0) is 14.8. The van der Waals surface area contributed by atoms with Gasteiger partial charge in [0.2, 0.25) is 5.82 Å². The van der Waals surface area contributed by atoms with Gasteiger partial charge in [0.1, 0.15) is 7.11 Å². The number of oxime groups is 1. The van der Waals surface area contributed by atoms with Crippen LogP contribution in [0.3, 0.4) is 0 Å². The van der Waals surface area contributed by atoms with Crippen LogP contribution in [0, 0.1) is 6.92 Å². The maximum Gasteiger partial charge on any atom is 0.471 e. The molecule has 1 aromatic carbocycles. The molecule has 1 aromatic heterocycles. The fraction of sp³-hybridized carbons (Fsp3) is 0.250. The van der Waals surface area contributed by atoms with Gasteiger partial charge in [-0.05, 0) is 24.1 Å². The standard InChI is InChI=1S/C12H10F3N3O2/c1-7-5-8(6-16-19-2)3-4-9(7)10-17-11(20-18-10)12(13,14)15/h3-6H,1-2H3/b16-6-. The second-order valence-corrected chi connectivity index (χ2v) is 3.91. The van der Waals surface area contributed by atoms with Gasteiger partial charge in [0.05, 0.1) is 6.21 Å². The van der Waals surface area contributed by atoms with Crippen molar-refractivity contribution in [1.29, 1.82) is 0 Å². The van der Waals surface area contributed by atoms with Crippen LogP contribution in [0.4, 0.5) is 13.2 Å². The third kappa shape index (κ3) is 2.95. The Morgan fingerprint density at radius 2 is 2.10 bits per heavy atom. The van der Waals surface area contributed by atoms with Gasteiger partial charge in [-0.1, -0.05) is 22.4 Å². The predicted molar refractivity (Wildman–Crippen MR) is 64.1 cm³/mol. The normalized spacial score (nSPS) is 12.1. The van der Waals surface area contributed by atoms with E-state index in [4.69, 9.17) is 0 Å². The van der Waals surface area contributed by atoms with E-state index >= 15 is 0 Å². The smallest absolute Gasteiger partial charge is 0.399 e. The van der Waals surface area contributed by atoms with Crippen molar-refractivity contribution in [1.82, 2.24) is 10.1 Å². The Balaban J connectivity index is 2.34. The van der Waals surface area contributed by atoms with Crippen LogP contribution in [-0.2, 0) is 11.0 Å². The molecule has 0 aliphatic rings. The molecule has 2 aromatic rings. The van der Waals surface area contributed by atoms with Crippen LogP contribution in [0.25, 0.3) is 11.4 Å². The maximum atomic E-state index is 12.4. The highest BCUT2D eigenvalue weighted by molar-refractivity contribution is 5.81. The van der Waals surface area contributed by atoms with E-state index in [1.807, 2.05) is 0 Å². The summed E-state index contributed by atoms with van der Waals surface area (Å²) in [7, 11) is 1.41. The number of benzene rings is 1. The number of nitrogens with zero attached hydrogens (tertiary/aromatic N) is 3. The Hall–Kier alpha value is -2.38. The fourth-order valence-corrected chi connectivity index (χ4v) is 1.58. The molecular formula is C12H10F3N3O2. The molecule has 0 amide bonds. The summed E-state index contributed by atoms with van der Waals surface area (Å²) in [5.74, 6) is -1.47. The molecule has 0 aliphatic carbocycles. The van der Waals surface area contributed by atoms with Crippen LogP contribution in [0.1, 0.15) is 17.0 Å². The molecule has 106 valence electrons. The number of aromatic nitrogens is 2. The number of alkyl halides is 3. The Morgan fingerprint density at radius 1 is 1.35 bits per heavy atom. The first-order valence-corrected chi connectivity index (χ1v) is 5.50. The Kier molecular flexibility index (Phi) is 3.73. The van der Waals surface area contributed by atoms with Crippen molar-refractivity contribution in [3.63, 3.8) is 0 Å². The zero-order valence-corrected chi connectivity index (χ0v) is 10.6. The average Bonchev–Trinajstić information content (AvgIpc) is 2.85. The number of halogens is 3. The van der Waals surface area contributed by atoms with Gasteiger partial charge in [-0.15, -0.1) is 0 Å². The van der Waals surface area contributed by atoms with E-state index in [9.17, 15) is 13.2 Å². The van der Waals surface area contributed by atoms with Gasteiger partial charge in [-0.3, -0.25) is 0 Å². The van der Waals surface area contributed by atoms with E-state index < -0.39 is 12.1 Å². The third-order valence-corrected chi connectivity index (χ3v) is 2.47. The third-order valence-electron chi connectivity index (χ3n) is 2.47. The van der Waals surface area contributed by atoms with Crippen molar-refractivity contribution >= 4 is 6.21 Å². The molecule has 0 aliphatic heterocycles. The predicted octanol–water partition coefficient (Wildman–Crippen LogP) is 3.04. The van der Waals surface area contributed by atoms with E-state index in [1.165, 1.54) is 13.3 Å². The molecule has 0 saturated carbocycles. The van der Waals surface area contributed by atoms with Crippen molar-refractivity contribution in [2.24, 2.45) is 5.16 Å². The molecule has 0 spiro atoms. The first kappa shape index (κ1) is 14.0. The number of hydrogen-bond acceptors (Lipinski definition) is 5. The summed E-state index contributed by atoms with van der Waals surface area (Å²) in [4.78, 5) is 7.89. The molecule has 5 nitrogen and oxygen atoms in total. The topological polar surface area (TPSA) is 60.5 Å². The summed E-state index contributed by atoms with van der Waals surface area (Å²) in [6, 6.07) is 4.98. The maximum absolute atomic E-state index is 12.4. The van der Waals surface area contributed by atoms with Crippen molar-refractivity contribution in [2.75, 3.05) is 7.11 Å². The van der Waals surface area contributed by atoms with E-state index in [0.29, 0.717) is 11.1 Å². The van der Waals surface area contributed by atoms with Crippen LogP contribution in [0.2, 0.25) is 0 Å². The van der Waals surface area contributed by atoms with Gasteiger partial charge >= 0.3 is 12.1 Å². The monoisotopic (exact) mass is 285 g/mol. The Bertz CT molecular complexity index is 635. The molecule has 8 heteroatoms. The molecule has 2 rings (SSSR count). The second kappa shape index (κ2) is 5.32. The van der Waals surface area contributed by atoms with Gasteiger partial charge in [0.15, 0.2) is 0 Å². The lowest BCUT2D eigenvalue weighted by Gasteiger charge is -2.02. The van der Waals surface area contributed by atoms with Gasteiger partial charge in [-0.25, -0.2) is 0 Å². The summed E-state index contributed by atoms with van der Waals surface area (Å²) in [5, 5.41) is 6.94. The zero-order valence-electron chi connectivity index (χ0n) is 10.6. The highest BCUT2D eigenvalue weighted by Gasteiger charge is 2.38. The lowest BCUT2D eigenvalue weighted by atomic mass is 10.1. The van der Waals surface area contributed by atoms with Crippen molar-refractivity contribution < 1.29 is 22.5 Å². The summed E-state index contributed by atoms with van der Waals surface area (Å²) in [5.41, 5.74) is 1.89. The Labute approximate surface area is 112 Å². The van der Waals surface area contributed by atoms with Crippen LogP contribution >= 0.6 is 0 Å². The Morgan fingerprint density at radius 3 is 2.65 bits per heavy atom. The summed E-state index contributed by atoms with van der Waals surface area (Å²) < 4.78 is 41.4. The first-order valence-electron chi connectivity index (χ1n) is 5.50. The van der Waals surface area contributed by atoms with E-state index in [1.54, 1.807) is 25.1 Å². The van der Waals surface area contributed by atoms with Crippen molar-refractivity contribution in [3.8, 4) is 11.4 Å². The van der Waals surface area contributed by atoms with Gasteiger partial charge in [-0.2, -0.15) is 18.2 Å². The first-order chi connectivity index (χ1) is 9.41.